The maximum absolute atomic E-state index is 9.51. The first-order chi connectivity index (χ1) is 2.27. The van der Waals surface area contributed by atoms with Gasteiger partial charge >= 0.3 is 43.7 Å². The predicted molar refractivity (Wildman–Crippen MR) is 39.6 cm³/mol. The van der Waals surface area contributed by atoms with Crippen molar-refractivity contribution in [2.24, 2.45) is 0 Å². The second-order valence-corrected chi connectivity index (χ2v) is 0.765. The fourth-order valence-corrected chi connectivity index (χ4v) is 0. The average Bonchev–Trinajstić information content (AvgIpc) is 1.38. The summed E-state index contributed by atoms with van der Waals surface area (Å²) in [6, 6.07) is 0. The molecular formula is C2H12CaO5S. The van der Waals surface area contributed by atoms with Gasteiger partial charge in [-0.05, 0) is 0 Å². The monoisotopic (exact) mass is 188 g/mol. The van der Waals surface area contributed by atoms with Crippen LogP contribution in [-0.2, 0) is 8.98 Å². The van der Waals surface area contributed by atoms with E-state index in [1.807, 2.05) is 0 Å². The molecule has 0 aromatic carbocycles. The molecule has 0 aromatic rings. The van der Waals surface area contributed by atoms with E-state index >= 15 is 0 Å². The van der Waals surface area contributed by atoms with Gasteiger partial charge in [-0.15, -0.1) is 0 Å². The van der Waals surface area contributed by atoms with Crippen molar-refractivity contribution < 1.29 is 28.3 Å². The summed E-state index contributed by atoms with van der Waals surface area (Å²) in [5.74, 6) is -0.381. The molecule has 0 rings (SSSR count). The van der Waals surface area contributed by atoms with Crippen LogP contribution in [0.5, 0.6) is 0 Å². The molecule has 0 spiro atoms. The summed E-state index contributed by atoms with van der Waals surface area (Å²) >= 11 is 3.17. The molecule has 0 bridgehead atoms. The number of carbonyl (C=O) groups excluding carboxylic acids is 1. The zero-order valence-corrected chi connectivity index (χ0v) is 8.07. The molecule has 9 heavy (non-hydrogen) atoms. The van der Waals surface area contributed by atoms with Gasteiger partial charge in [0, 0.05) is 19.8 Å². The molecule has 5 nitrogen and oxygen atoms in total. The Hall–Kier alpha value is 0.960. The quantitative estimate of drug-likeness (QED) is 0.262. The molecule has 0 fully saturated rings. The molecule has 0 aromatic heterocycles. The van der Waals surface area contributed by atoms with Crippen LogP contribution in [0.25, 0.3) is 0 Å². The van der Waals surface area contributed by atoms with Crippen LogP contribution in [0, 0.1) is 0 Å². The van der Waals surface area contributed by atoms with E-state index in [2.05, 4.69) is 17.1 Å². The zero-order chi connectivity index (χ0) is 4.28. The molecule has 7 heteroatoms. The summed E-state index contributed by atoms with van der Waals surface area (Å²) in [5, 5.41) is 0. The van der Waals surface area contributed by atoms with Crippen LogP contribution in [-0.4, -0.2) is 60.1 Å². The van der Waals surface area contributed by atoms with E-state index in [1.165, 1.54) is 6.92 Å². The van der Waals surface area contributed by atoms with Gasteiger partial charge in [-0.3, -0.25) is 4.79 Å². The van der Waals surface area contributed by atoms with Gasteiger partial charge in [-0.2, -0.15) is 0 Å². The van der Waals surface area contributed by atoms with Gasteiger partial charge in [0.1, 0.15) is 0 Å². The number of thiol groups is 1. The Kier molecular flexibility index (Phi) is 83.3. The average molecular weight is 188 g/mol. The van der Waals surface area contributed by atoms with Crippen LogP contribution >= 0.6 is 12.9 Å². The predicted octanol–water partition coefficient (Wildman–Crippen LogP) is -2.24. The van der Waals surface area contributed by atoms with E-state index in [4.69, 9.17) is 0 Å². The number of carbonyl (C=O) groups is 1. The summed E-state index contributed by atoms with van der Waals surface area (Å²) < 4.78 is 3.81. The van der Waals surface area contributed by atoms with Crippen molar-refractivity contribution in [1.29, 1.82) is 0 Å². The summed E-state index contributed by atoms with van der Waals surface area (Å²) in [7, 11) is 0. The van der Waals surface area contributed by atoms with E-state index in [1.54, 1.807) is 0 Å². The van der Waals surface area contributed by atoms with E-state index in [0.29, 0.717) is 0 Å². The van der Waals surface area contributed by atoms with Crippen molar-refractivity contribution in [1.82, 2.24) is 0 Å². The Morgan fingerprint density at radius 1 is 1.44 bits per heavy atom. The summed E-state index contributed by atoms with van der Waals surface area (Å²) in [5.41, 5.74) is 0. The Labute approximate surface area is 91.3 Å². The van der Waals surface area contributed by atoms with E-state index in [-0.39, 0.29) is 63.0 Å². The molecule has 0 heterocycles. The SMILES string of the molecule is CC(=O)OS.O.O.O.[Ca+2].[H-].[H-]. The van der Waals surface area contributed by atoms with Gasteiger partial charge in [0.2, 0.25) is 0 Å². The van der Waals surface area contributed by atoms with Gasteiger partial charge in [0.05, 0.1) is 0 Å². The largest absolute Gasteiger partial charge is 2.00 e. The van der Waals surface area contributed by atoms with Gasteiger partial charge in [0.15, 0.2) is 0 Å². The van der Waals surface area contributed by atoms with Crippen LogP contribution in [0.3, 0.4) is 0 Å². The van der Waals surface area contributed by atoms with Crippen LogP contribution < -0.4 is 0 Å². The van der Waals surface area contributed by atoms with Crippen molar-refractivity contribution in [2.75, 3.05) is 0 Å². The van der Waals surface area contributed by atoms with Gasteiger partial charge in [-0.25, -0.2) is 0 Å². The fourth-order valence-electron chi connectivity index (χ4n) is 0. The number of hydrogen-bond donors (Lipinski definition) is 1. The topological polar surface area (TPSA) is 121 Å². The van der Waals surface area contributed by atoms with Crippen molar-refractivity contribution in [3.8, 4) is 0 Å². The van der Waals surface area contributed by atoms with Crippen molar-refractivity contribution >= 4 is 56.6 Å². The molecule has 58 valence electrons. The zero-order valence-electron chi connectivity index (χ0n) is 6.97. The molecule has 0 radical (unpaired) electrons. The van der Waals surface area contributed by atoms with Crippen LogP contribution in [0.4, 0.5) is 0 Å². The molecule has 0 atom stereocenters. The first-order valence-electron chi connectivity index (χ1n) is 1.09. The maximum atomic E-state index is 9.51. The first-order valence-corrected chi connectivity index (χ1v) is 1.46. The standard InChI is InChI=1S/C2H4O2S.Ca.3H2O.2H/c1-2(3)4-5;;;;;;/h5H,1H3;;3*1H2;;/q;+2;;;;2*-1. The van der Waals surface area contributed by atoms with E-state index in [0.717, 1.165) is 0 Å². The number of hydrogen-bond acceptors (Lipinski definition) is 3. The van der Waals surface area contributed by atoms with Gasteiger partial charge in [-0.1, -0.05) is 0 Å². The van der Waals surface area contributed by atoms with E-state index in [9.17, 15) is 4.79 Å². The fraction of sp³-hybridized carbons (Fsp3) is 0.500. The van der Waals surface area contributed by atoms with Crippen molar-refractivity contribution in [2.45, 2.75) is 6.92 Å². The minimum Gasteiger partial charge on any atom is -1.00 e. The molecule has 0 amide bonds. The summed E-state index contributed by atoms with van der Waals surface area (Å²) in [6.45, 7) is 1.28. The second-order valence-electron chi connectivity index (χ2n) is 0.583. The third-order valence-electron chi connectivity index (χ3n) is 0.129. The van der Waals surface area contributed by atoms with Crippen LogP contribution in [0.1, 0.15) is 9.78 Å². The van der Waals surface area contributed by atoms with Gasteiger partial charge < -0.3 is 23.5 Å². The van der Waals surface area contributed by atoms with Crippen LogP contribution in [0.2, 0.25) is 0 Å². The molecule has 0 aliphatic rings. The third kappa shape index (κ3) is 49.5. The maximum Gasteiger partial charge on any atom is 2.00 e. The number of rotatable bonds is 0. The minimum atomic E-state index is -0.381. The van der Waals surface area contributed by atoms with Gasteiger partial charge in [0.25, 0.3) is 0 Å². The molecule has 0 saturated carbocycles. The minimum absolute atomic E-state index is 0. The Balaban J connectivity index is -0.00000000533. The first kappa shape index (κ1) is 32.5. The smallest absolute Gasteiger partial charge is 1.00 e. The molecule has 0 aliphatic heterocycles. The second kappa shape index (κ2) is 23.1. The Morgan fingerprint density at radius 2 is 1.56 bits per heavy atom. The van der Waals surface area contributed by atoms with Crippen LogP contribution in [0.15, 0.2) is 0 Å². The Bertz CT molecular complexity index is 57.7. The summed E-state index contributed by atoms with van der Waals surface area (Å²) in [4.78, 5) is 9.51. The van der Waals surface area contributed by atoms with Crippen molar-refractivity contribution in [3.63, 3.8) is 0 Å². The summed E-state index contributed by atoms with van der Waals surface area (Å²) in [6.07, 6.45) is 0. The third-order valence-corrected chi connectivity index (χ3v) is 0.386. The molecule has 0 saturated heterocycles. The van der Waals surface area contributed by atoms with E-state index < -0.39 is 0 Å². The molecule has 0 unspecified atom stereocenters. The molecule has 6 N–H and O–H groups in total. The Morgan fingerprint density at radius 3 is 1.56 bits per heavy atom. The molecular weight excluding hydrogens is 176 g/mol. The normalized spacial score (nSPS) is 3.78. The van der Waals surface area contributed by atoms with Crippen molar-refractivity contribution in [3.05, 3.63) is 0 Å². The molecule has 0 aliphatic carbocycles.